The van der Waals surface area contributed by atoms with Crippen molar-refractivity contribution in [3.8, 4) is 5.75 Å². The number of rotatable bonds is 6. The molecule has 0 bridgehead atoms. The van der Waals surface area contributed by atoms with E-state index in [1.165, 1.54) is 37.4 Å². The maximum atomic E-state index is 13.3. The van der Waals surface area contributed by atoms with E-state index >= 15 is 0 Å². The van der Waals surface area contributed by atoms with E-state index in [0.717, 1.165) is 12.8 Å². The average molecular weight is 374 g/mol. The maximum absolute atomic E-state index is 13.3. The molecule has 0 aliphatic carbocycles. The topological polar surface area (TPSA) is 90.7 Å². The molecule has 0 saturated carbocycles. The third kappa shape index (κ3) is 4.22. The van der Waals surface area contributed by atoms with Crippen LogP contribution in [0.25, 0.3) is 0 Å². The van der Waals surface area contributed by atoms with Gasteiger partial charge in [0.05, 0.1) is 24.2 Å². The van der Waals surface area contributed by atoms with Gasteiger partial charge in [-0.2, -0.15) is 0 Å². The lowest BCUT2D eigenvalue weighted by atomic mass is 9.98. The average Bonchev–Trinajstić information content (AvgIpc) is 3.20. The van der Waals surface area contributed by atoms with E-state index in [4.69, 9.17) is 9.47 Å². The summed E-state index contributed by atoms with van der Waals surface area (Å²) in [6.07, 6.45) is 1.28. The van der Waals surface area contributed by atoms with Crippen LogP contribution in [0.4, 0.5) is 10.1 Å². The van der Waals surface area contributed by atoms with Crippen LogP contribution in [0.1, 0.15) is 34.8 Å². The SMILES string of the molecule is COc1ccc([N+](=O)[O-])c(C(=O)NC(c2ccc(F)cc2)C2CCCO2)c1. The summed E-state index contributed by atoms with van der Waals surface area (Å²) < 4.78 is 24.0. The van der Waals surface area contributed by atoms with E-state index < -0.39 is 16.9 Å². The van der Waals surface area contributed by atoms with Gasteiger partial charge in [-0.15, -0.1) is 0 Å². The molecule has 2 atom stereocenters. The predicted octanol–water partition coefficient (Wildman–Crippen LogP) is 3.39. The summed E-state index contributed by atoms with van der Waals surface area (Å²) in [6.45, 7) is 0.567. The normalized spacial score (nSPS) is 17.3. The molecule has 0 spiro atoms. The number of nitro benzene ring substituents is 1. The zero-order chi connectivity index (χ0) is 19.4. The van der Waals surface area contributed by atoms with Crippen molar-refractivity contribution in [3.63, 3.8) is 0 Å². The molecule has 8 heteroatoms. The van der Waals surface area contributed by atoms with Gasteiger partial charge in [-0.1, -0.05) is 12.1 Å². The molecule has 1 aliphatic rings. The number of methoxy groups -OCH3 is 1. The summed E-state index contributed by atoms with van der Waals surface area (Å²) in [6, 6.07) is 9.18. The minimum atomic E-state index is -0.620. The van der Waals surface area contributed by atoms with E-state index in [0.29, 0.717) is 17.9 Å². The molecule has 1 N–H and O–H groups in total. The van der Waals surface area contributed by atoms with Crippen molar-refractivity contribution in [2.75, 3.05) is 13.7 Å². The lowest BCUT2D eigenvalue weighted by Crippen LogP contribution is -2.36. The Bertz CT molecular complexity index is 834. The fraction of sp³-hybridized carbons (Fsp3) is 0.316. The number of ether oxygens (including phenoxy) is 2. The zero-order valence-electron chi connectivity index (χ0n) is 14.7. The van der Waals surface area contributed by atoms with Crippen LogP contribution in [0.15, 0.2) is 42.5 Å². The van der Waals surface area contributed by atoms with Crippen molar-refractivity contribution in [2.24, 2.45) is 0 Å². The van der Waals surface area contributed by atoms with Crippen molar-refractivity contribution < 1.29 is 23.6 Å². The first-order valence-electron chi connectivity index (χ1n) is 8.50. The summed E-state index contributed by atoms with van der Waals surface area (Å²) in [5, 5.41) is 14.1. The van der Waals surface area contributed by atoms with Gasteiger partial charge in [0.1, 0.15) is 17.1 Å². The highest BCUT2D eigenvalue weighted by molar-refractivity contribution is 5.98. The van der Waals surface area contributed by atoms with Gasteiger partial charge in [-0.05, 0) is 42.7 Å². The zero-order valence-corrected chi connectivity index (χ0v) is 14.7. The van der Waals surface area contributed by atoms with Crippen LogP contribution >= 0.6 is 0 Å². The fourth-order valence-corrected chi connectivity index (χ4v) is 3.13. The first-order chi connectivity index (χ1) is 13.0. The number of carbonyl (C=O) groups is 1. The number of halogens is 1. The van der Waals surface area contributed by atoms with E-state index in [2.05, 4.69) is 5.32 Å². The Morgan fingerprint density at radius 2 is 2.07 bits per heavy atom. The third-order valence-electron chi connectivity index (χ3n) is 4.50. The lowest BCUT2D eigenvalue weighted by molar-refractivity contribution is -0.385. The molecule has 1 aliphatic heterocycles. The Kier molecular flexibility index (Phi) is 5.66. The summed E-state index contributed by atoms with van der Waals surface area (Å²) in [7, 11) is 1.41. The standard InChI is InChI=1S/C19H19FN2O5/c1-26-14-8-9-16(22(24)25)15(11-14)19(23)21-18(17-3-2-10-27-17)12-4-6-13(20)7-5-12/h4-9,11,17-18H,2-3,10H2,1H3,(H,21,23). The highest BCUT2D eigenvalue weighted by atomic mass is 19.1. The Morgan fingerprint density at radius 1 is 1.33 bits per heavy atom. The van der Waals surface area contributed by atoms with Crippen LogP contribution in [0.2, 0.25) is 0 Å². The molecule has 142 valence electrons. The van der Waals surface area contributed by atoms with Crippen molar-refractivity contribution in [1.82, 2.24) is 5.32 Å². The highest BCUT2D eigenvalue weighted by Crippen LogP contribution is 2.29. The predicted molar refractivity (Wildman–Crippen MR) is 95.2 cm³/mol. The minimum absolute atomic E-state index is 0.107. The van der Waals surface area contributed by atoms with Crippen molar-refractivity contribution >= 4 is 11.6 Å². The largest absolute Gasteiger partial charge is 0.497 e. The molecule has 7 nitrogen and oxygen atoms in total. The number of hydrogen-bond donors (Lipinski definition) is 1. The van der Waals surface area contributed by atoms with Gasteiger partial charge in [0.25, 0.3) is 11.6 Å². The second kappa shape index (κ2) is 8.13. The number of benzene rings is 2. The van der Waals surface area contributed by atoms with Crippen LogP contribution in [0.3, 0.4) is 0 Å². The molecule has 1 heterocycles. The van der Waals surface area contributed by atoms with Gasteiger partial charge in [0, 0.05) is 12.7 Å². The van der Waals surface area contributed by atoms with E-state index in [1.54, 1.807) is 12.1 Å². The Labute approximate surface area is 155 Å². The van der Waals surface area contributed by atoms with Crippen LogP contribution in [0.5, 0.6) is 5.75 Å². The number of hydrogen-bond acceptors (Lipinski definition) is 5. The lowest BCUT2D eigenvalue weighted by Gasteiger charge is -2.25. The van der Waals surface area contributed by atoms with Gasteiger partial charge in [0.15, 0.2) is 0 Å². The Hall–Kier alpha value is -3.00. The second-order valence-electron chi connectivity index (χ2n) is 6.19. The summed E-state index contributed by atoms with van der Waals surface area (Å²) in [5.41, 5.74) is 0.241. The molecule has 2 aromatic rings. The number of carbonyl (C=O) groups excluding carboxylic acids is 1. The molecule has 1 fully saturated rings. The monoisotopic (exact) mass is 374 g/mol. The minimum Gasteiger partial charge on any atom is -0.497 e. The summed E-state index contributed by atoms with van der Waals surface area (Å²) in [5.74, 6) is -0.675. The molecule has 0 radical (unpaired) electrons. The van der Waals surface area contributed by atoms with Crippen molar-refractivity contribution in [3.05, 3.63) is 69.5 Å². The Balaban J connectivity index is 1.92. The van der Waals surface area contributed by atoms with Gasteiger partial charge >= 0.3 is 0 Å². The highest BCUT2D eigenvalue weighted by Gasteiger charge is 2.31. The van der Waals surface area contributed by atoms with Crippen molar-refractivity contribution in [2.45, 2.75) is 25.0 Å². The van der Waals surface area contributed by atoms with E-state index in [9.17, 15) is 19.3 Å². The second-order valence-corrected chi connectivity index (χ2v) is 6.19. The Morgan fingerprint density at radius 3 is 2.67 bits per heavy atom. The van der Waals surface area contributed by atoms with Crippen LogP contribution < -0.4 is 10.1 Å². The van der Waals surface area contributed by atoms with Crippen LogP contribution in [-0.2, 0) is 4.74 Å². The number of nitrogens with one attached hydrogen (secondary N) is 1. The quantitative estimate of drug-likeness (QED) is 0.618. The van der Waals surface area contributed by atoms with E-state index in [1.807, 2.05) is 0 Å². The van der Waals surface area contributed by atoms with Gasteiger partial charge in [-0.25, -0.2) is 4.39 Å². The third-order valence-corrected chi connectivity index (χ3v) is 4.50. The smallest absolute Gasteiger partial charge is 0.282 e. The molecular weight excluding hydrogens is 355 g/mol. The number of amides is 1. The first kappa shape index (κ1) is 18.8. The maximum Gasteiger partial charge on any atom is 0.282 e. The van der Waals surface area contributed by atoms with Gasteiger partial charge in [-0.3, -0.25) is 14.9 Å². The molecule has 2 unspecified atom stereocenters. The van der Waals surface area contributed by atoms with Gasteiger partial charge < -0.3 is 14.8 Å². The van der Waals surface area contributed by atoms with Crippen LogP contribution in [-0.4, -0.2) is 30.7 Å². The number of nitro groups is 1. The molecule has 27 heavy (non-hydrogen) atoms. The van der Waals surface area contributed by atoms with E-state index in [-0.39, 0.29) is 23.2 Å². The summed E-state index contributed by atoms with van der Waals surface area (Å²) >= 11 is 0. The molecule has 1 amide bonds. The van der Waals surface area contributed by atoms with Crippen molar-refractivity contribution in [1.29, 1.82) is 0 Å². The first-order valence-corrected chi connectivity index (χ1v) is 8.50. The summed E-state index contributed by atoms with van der Waals surface area (Å²) in [4.78, 5) is 23.5. The van der Waals surface area contributed by atoms with Crippen LogP contribution in [0, 0.1) is 15.9 Å². The molecule has 0 aromatic heterocycles. The van der Waals surface area contributed by atoms with Gasteiger partial charge in [0.2, 0.25) is 0 Å². The molecular formula is C19H19FN2O5. The fourth-order valence-electron chi connectivity index (χ4n) is 3.13. The molecule has 2 aromatic carbocycles. The molecule has 3 rings (SSSR count). The molecule has 1 saturated heterocycles. The number of nitrogens with zero attached hydrogens (tertiary/aromatic N) is 1.